The molecule has 2 amide bonds. The maximum Gasteiger partial charge on any atom is 0.284 e. The number of nitrogens with zero attached hydrogens (tertiary/aromatic N) is 4. The van der Waals surface area contributed by atoms with Crippen LogP contribution in [0.2, 0.25) is 0 Å². The van der Waals surface area contributed by atoms with Crippen LogP contribution < -0.4 is 20.6 Å². The van der Waals surface area contributed by atoms with Crippen LogP contribution in [0.3, 0.4) is 0 Å². The molecule has 2 aliphatic rings. The third-order valence-corrected chi connectivity index (χ3v) is 7.11. The largest absolute Gasteiger partial charge is 0.381 e. The van der Waals surface area contributed by atoms with Crippen molar-refractivity contribution in [2.45, 2.75) is 38.6 Å². The van der Waals surface area contributed by atoms with E-state index in [1.807, 2.05) is 0 Å². The minimum Gasteiger partial charge on any atom is -0.381 e. The Labute approximate surface area is 232 Å². The number of hydroxylamine groups is 1. The number of benzene rings is 1. The average Bonchev–Trinajstić information content (AvgIpc) is 3.51. The van der Waals surface area contributed by atoms with Crippen LogP contribution in [0.15, 0.2) is 48.8 Å². The number of aryl methyl sites for hydroxylation is 1. The SMILES string of the molecule is CON(C(=O)c1cc(NC(=O)c2cc(F)cc(N3CCCC3)c2)cnc1C)c1ccc(NC2CCOCC2)nc1. The molecular formula is C29H33FN6O4. The molecule has 1 aromatic carbocycles. The number of amides is 2. The Morgan fingerprint density at radius 3 is 2.55 bits per heavy atom. The van der Waals surface area contributed by atoms with Gasteiger partial charge in [-0.25, -0.2) is 9.37 Å². The molecule has 0 radical (unpaired) electrons. The third-order valence-electron chi connectivity index (χ3n) is 7.11. The Morgan fingerprint density at radius 1 is 1.07 bits per heavy atom. The second kappa shape index (κ2) is 12.4. The van der Waals surface area contributed by atoms with Gasteiger partial charge >= 0.3 is 0 Å². The summed E-state index contributed by atoms with van der Waals surface area (Å²) in [6.45, 7) is 4.80. The first kappa shape index (κ1) is 27.5. The minimum absolute atomic E-state index is 0.189. The fourth-order valence-electron chi connectivity index (χ4n) is 4.94. The molecule has 0 aliphatic carbocycles. The number of halogens is 1. The highest BCUT2D eigenvalue weighted by molar-refractivity contribution is 6.08. The second-order valence-electron chi connectivity index (χ2n) is 9.92. The Balaban J connectivity index is 1.30. The zero-order valence-corrected chi connectivity index (χ0v) is 22.7. The fourth-order valence-corrected chi connectivity index (χ4v) is 4.94. The van der Waals surface area contributed by atoms with Crippen molar-refractivity contribution in [3.05, 3.63) is 71.4 Å². The van der Waals surface area contributed by atoms with Crippen LogP contribution >= 0.6 is 0 Å². The first-order valence-corrected chi connectivity index (χ1v) is 13.4. The third kappa shape index (κ3) is 6.37. The molecule has 0 unspecified atom stereocenters. The number of anilines is 4. The quantitative estimate of drug-likeness (QED) is 0.394. The molecule has 0 bridgehead atoms. The maximum absolute atomic E-state index is 14.3. The molecule has 4 heterocycles. The Hall–Kier alpha value is -4.09. The van der Waals surface area contributed by atoms with E-state index in [0.717, 1.165) is 57.0 Å². The van der Waals surface area contributed by atoms with Crippen molar-refractivity contribution in [1.82, 2.24) is 9.97 Å². The molecule has 10 nitrogen and oxygen atoms in total. The van der Waals surface area contributed by atoms with Crippen molar-refractivity contribution < 1.29 is 23.6 Å². The van der Waals surface area contributed by atoms with E-state index >= 15 is 0 Å². The monoisotopic (exact) mass is 548 g/mol. The van der Waals surface area contributed by atoms with E-state index in [1.165, 1.54) is 31.5 Å². The highest BCUT2D eigenvalue weighted by atomic mass is 19.1. The van der Waals surface area contributed by atoms with E-state index in [-0.39, 0.29) is 17.2 Å². The molecule has 2 N–H and O–H groups in total. The van der Waals surface area contributed by atoms with E-state index < -0.39 is 17.6 Å². The molecule has 0 saturated carbocycles. The molecule has 2 saturated heterocycles. The minimum atomic E-state index is -0.496. The zero-order valence-electron chi connectivity index (χ0n) is 22.7. The van der Waals surface area contributed by atoms with E-state index in [2.05, 4.69) is 25.5 Å². The number of ether oxygens (including phenoxy) is 1. The molecule has 40 heavy (non-hydrogen) atoms. The van der Waals surface area contributed by atoms with Gasteiger partial charge in [0.25, 0.3) is 11.8 Å². The molecule has 5 rings (SSSR count). The summed E-state index contributed by atoms with van der Waals surface area (Å²) in [5.74, 6) is -0.750. The van der Waals surface area contributed by atoms with Gasteiger partial charge in [0.15, 0.2) is 0 Å². The highest BCUT2D eigenvalue weighted by Crippen LogP contribution is 2.25. The van der Waals surface area contributed by atoms with Gasteiger partial charge in [-0.05, 0) is 69.0 Å². The molecule has 2 aliphatic heterocycles. The van der Waals surface area contributed by atoms with Crippen molar-refractivity contribution in [3.8, 4) is 0 Å². The van der Waals surface area contributed by atoms with Crippen LogP contribution in [-0.4, -0.2) is 61.2 Å². The van der Waals surface area contributed by atoms with Crippen molar-refractivity contribution >= 4 is 34.7 Å². The van der Waals surface area contributed by atoms with Crippen LogP contribution in [0.25, 0.3) is 0 Å². The Kier molecular flexibility index (Phi) is 8.51. The van der Waals surface area contributed by atoms with Gasteiger partial charge in [0.1, 0.15) is 11.6 Å². The first-order valence-electron chi connectivity index (χ1n) is 13.4. The lowest BCUT2D eigenvalue weighted by molar-refractivity contribution is 0.0771. The number of nitrogens with one attached hydrogen (secondary N) is 2. The molecule has 2 fully saturated rings. The molecule has 0 atom stereocenters. The number of carbonyl (C=O) groups excluding carboxylic acids is 2. The second-order valence-corrected chi connectivity index (χ2v) is 9.92. The van der Waals surface area contributed by atoms with Gasteiger partial charge < -0.3 is 20.3 Å². The van der Waals surface area contributed by atoms with Gasteiger partial charge in [0, 0.05) is 43.6 Å². The maximum atomic E-state index is 14.3. The normalized spacial score (nSPS) is 15.6. The summed E-state index contributed by atoms with van der Waals surface area (Å²) in [6.07, 6.45) is 6.90. The summed E-state index contributed by atoms with van der Waals surface area (Å²) < 4.78 is 19.7. The lowest BCUT2D eigenvalue weighted by Crippen LogP contribution is -2.31. The standard InChI is InChI=1S/C29H33FN6O4/c1-19-26(29(38)36(39-2)24-5-6-27(32-18-24)33-22-7-11-40-12-8-22)16-23(17-31-19)34-28(37)20-13-21(30)15-25(14-20)35-9-3-4-10-35/h5-6,13-18,22H,3-4,7-12H2,1-2H3,(H,32,33)(H,34,37). The smallest absolute Gasteiger partial charge is 0.284 e. The number of hydrogen-bond donors (Lipinski definition) is 2. The van der Waals surface area contributed by atoms with Gasteiger partial charge in [-0.2, -0.15) is 5.06 Å². The summed E-state index contributed by atoms with van der Waals surface area (Å²) in [4.78, 5) is 42.7. The fraction of sp³-hybridized carbons (Fsp3) is 0.379. The molecule has 0 spiro atoms. The summed E-state index contributed by atoms with van der Waals surface area (Å²) in [5.41, 5.74) is 2.30. The van der Waals surface area contributed by atoms with Gasteiger partial charge in [-0.3, -0.25) is 19.4 Å². The molecule has 2 aromatic heterocycles. The number of rotatable bonds is 8. The average molecular weight is 549 g/mol. The highest BCUT2D eigenvalue weighted by Gasteiger charge is 2.23. The van der Waals surface area contributed by atoms with Gasteiger partial charge in [0.2, 0.25) is 0 Å². The van der Waals surface area contributed by atoms with Crippen LogP contribution in [0.4, 0.5) is 27.3 Å². The van der Waals surface area contributed by atoms with Gasteiger partial charge in [-0.1, -0.05) is 0 Å². The summed E-state index contributed by atoms with van der Waals surface area (Å²) in [7, 11) is 1.39. The van der Waals surface area contributed by atoms with Crippen LogP contribution in [0, 0.1) is 12.7 Å². The first-order chi connectivity index (χ1) is 19.4. The van der Waals surface area contributed by atoms with E-state index in [1.54, 1.807) is 31.3 Å². The lowest BCUT2D eigenvalue weighted by atomic mass is 10.1. The van der Waals surface area contributed by atoms with Crippen LogP contribution in [0.5, 0.6) is 0 Å². The predicted octanol–water partition coefficient (Wildman–Crippen LogP) is 4.58. The molecular weight excluding hydrogens is 515 g/mol. The summed E-state index contributed by atoms with van der Waals surface area (Å²) in [6, 6.07) is 9.67. The van der Waals surface area contributed by atoms with Crippen molar-refractivity contribution in [2.24, 2.45) is 0 Å². The molecule has 210 valence electrons. The van der Waals surface area contributed by atoms with E-state index in [4.69, 9.17) is 9.57 Å². The topological polar surface area (TPSA) is 109 Å². The number of hydrogen-bond acceptors (Lipinski definition) is 8. The van der Waals surface area contributed by atoms with Crippen molar-refractivity contribution in [3.63, 3.8) is 0 Å². The Morgan fingerprint density at radius 2 is 1.85 bits per heavy atom. The van der Waals surface area contributed by atoms with Crippen LogP contribution in [0.1, 0.15) is 52.1 Å². The van der Waals surface area contributed by atoms with Crippen LogP contribution in [-0.2, 0) is 9.57 Å². The van der Waals surface area contributed by atoms with Gasteiger partial charge in [0.05, 0.1) is 42.1 Å². The van der Waals surface area contributed by atoms with Crippen molar-refractivity contribution in [2.75, 3.05) is 54.0 Å². The van der Waals surface area contributed by atoms with E-state index in [9.17, 15) is 14.0 Å². The number of carbonyl (C=O) groups is 2. The summed E-state index contributed by atoms with van der Waals surface area (Å²) >= 11 is 0. The van der Waals surface area contributed by atoms with E-state index in [0.29, 0.717) is 28.6 Å². The number of aromatic nitrogens is 2. The lowest BCUT2D eigenvalue weighted by Gasteiger charge is -2.24. The Bertz CT molecular complexity index is 1360. The summed E-state index contributed by atoms with van der Waals surface area (Å²) in [5, 5.41) is 7.25. The molecule has 3 aromatic rings. The zero-order chi connectivity index (χ0) is 28.1. The van der Waals surface area contributed by atoms with Gasteiger partial charge in [-0.15, -0.1) is 0 Å². The van der Waals surface area contributed by atoms with Crippen molar-refractivity contribution in [1.29, 1.82) is 0 Å². The predicted molar refractivity (Wildman–Crippen MR) is 150 cm³/mol. The molecule has 11 heteroatoms. The number of pyridine rings is 2.